The van der Waals surface area contributed by atoms with Crippen LogP contribution in [0.15, 0.2) is 24.4 Å². The lowest BCUT2D eigenvalue weighted by atomic mass is 9.96. The van der Waals surface area contributed by atoms with Gasteiger partial charge in [0.2, 0.25) is 0 Å². The highest BCUT2D eigenvalue weighted by Gasteiger charge is 2.44. The normalized spacial score (nSPS) is 32.7. The van der Waals surface area contributed by atoms with Crippen molar-refractivity contribution >= 4 is 13.4 Å². The van der Waals surface area contributed by atoms with Crippen molar-refractivity contribution in [2.24, 2.45) is 0 Å². The molecule has 1 unspecified atom stereocenters. The number of anilines is 1. The molecular weight excluding hydrogens is 315 g/mol. The fourth-order valence-corrected chi connectivity index (χ4v) is 2.79. The van der Waals surface area contributed by atoms with E-state index >= 15 is 0 Å². The summed E-state index contributed by atoms with van der Waals surface area (Å²) in [5.74, 6) is 0.392. The smallest absolute Gasteiger partial charge is 0.325 e. The van der Waals surface area contributed by atoms with E-state index in [2.05, 4.69) is 10.3 Å². The first-order valence-corrected chi connectivity index (χ1v) is 8.49. The molecule has 0 bridgehead atoms. The highest BCUT2D eigenvalue weighted by Crippen LogP contribution is 2.37. The second-order valence-corrected chi connectivity index (χ2v) is 6.88. The third-order valence-electron chi connectivity index (χ3n) is 3.37. The number of nitrogens with one attached hydrogen (secondary N) is 1. The lowest BCUT2D eigenvalue weighted by molar-refractivity contribution is -0.214. The number of aromatic nitrogens is 1. The van der Waals surface area contributed by atoms with Crippen LogP contribution in [-0.4, -0.2) is 66.9 Å². The molecule has 0 amide bonds. The van der Waals surface area contributed by atoms with Gasteiger partial charge in [-0.1, -0.05) is 6.07 Å². The van der Waals surface area contributed by atoms with Gasteiger partial charge in [0.05, 0.1) is 12.3 Å². The highest BCUT2D eigenvalue weighted by atomic mass is 31.2. The van der Waals surface area contributed by atoms with Gasteiger partial charge in [-0.3, -0.25) is 4.57 Å². The van der Waals surface area contributed by atoms with E-state index in [4.69, 9.17) is 14.5 Å². The van der Waals surface area contributed by atoms with Gasteiger partial charge in [0.15, 0.2) is 6.23 Å². The van der Waals surface area contributed by atoms with Gasteiger partial charge < -0.3 is 35.2 Å². The molecule has 0 aromatic carbocycles. The van der Waals surface area contributed by atoms with Crippen molar-refractivity contribution in [3.8, 4) is 0 Å². The number of nitrogens with zero attached hydrogens (tertiary/aromatic N) is 1. The van der Waals surface area contributed by atoms with Crippen LogP contribution in [0.1, 0.15) is 6.42 Å². The summed E-state index contributed by atoms with van der Waals surface area (Å²) < 4.78 is 16.3. The average molecular weight is 334 g/mol. The summed E-state index contributed by atoms with van der Waals surface area (Å²) in [4.78, 5) is 21.8. The number of aliphatic hydroxyl groups excluding tert-OH is 3. The number of rotatable bonds is 5. The molecule has 10 heteroatoms. The van der Waals surface area contributed by atoms with Crippen LogP contribution in [0.2, 0.25) is 0 Å². The van der Waals surface area contributed by atoms with Gasteiger partial charge in [0.25, 0.3) is 0 Å². The monoisotopic (exact) mass is 334 g/mol. The van der Waals surface area contributed by atoms with Crippen LogP contribution in [0.3, 0.4) is 0 Å². The number of ether oxygens (including phenoxy) is 1. The third-order valence-corrected chi connectivity index (χ3v) is 4.21. The molecular formula is C12H19N2O7P. The number of hydrogen-bond donors (Lipinski definition) is 6. The fourth-order valence-electron chi connectivity index (χ4n) is 2.20. The molecule has 124 valence electrons. The minimum absolute atomic E-state index is 0.157. The summed E-state index contributed by atoms with van der Waals surface area (Å²) in [7, 11) is -4.25. The molecule has 5 atom stereocenters. The summed E-state index contributed by atoms with van der Waals surface area (Å²) in [5.41, 5.74) is 0. The van der Waals surface area contributed by atoms with Crippen molar-refractivity contribution in [3.05, 3.63) is 24.4 Å². The summed E-state index contributed by atoms with van der Waals surface area (Å²) >= 11 is 0. The van der Waals surface area contributed by atoms with Crippen molar-refractivity contribution in [2.45, 2.75) is 37.1 Å². The second kappa shape index (κ2) is 7.01. The third kappa shape index (κ3) is 4.47. The average Bonchev–Trinajstić information content (AvgIpc) is 2.47. The molecule has 1 saturated heterocycles. The van der Waals surface area contributed by atoms with Crippen molar-refractivity contribution in [1.82, 2.24) is 4.98 Å². The molecule has 1 aliphatic heterocycles. The van der Waals surface area contributed by atoms with Crippen LogP contribution in [0.5, 0.6) is 0 Å². The Kier molecular flexibility index (Phi) is 5.51. The molecule has 0 spiro atoms. The van der Waals surface area contributed by atoms with Crippen molar-refractivity contribution in [3.63, 3.8) is 0 Å². The second-order valence-electron chi connectivity index (χ2n) is 5.10. The van der Waals surface area contributed by atoms with E-state index in [1.165, 1.54) is 6.20 Å². The highest BCUT2D eigenvalue weighted by molar-refractivity contribution is 7.51. The molecule has 2 heterocycles. The van der Waals surface area contributed by atoms with Gasteiger partial charge in [-0.25, -0.2) is 4.98 Å². The Morgan fingerprint density at radius 1 is 1.18 bits per heavy atom. The van der Waals surface area contributed by atoms with Crippen molar-refractivity contribution < 1.29 is 34.4 Å². The topological polar surface area (TPSA) is 152 Å². The summed E-state index contributed by atoms with van der Waals surface area (Å²) in [6.07, 6.45) is -5.57. The van der Waals surface area contributed by atoms with Gasteiger partial charge in [-0.2, -0.15) is 0 Å². The van der Waals surface area contributed by atoms with Crippen molar-refractivity contribution in [1.29, 1.82) is 0 Å². The first-order chi connectivity index (χ1) is 10.3. The molecule has 9 nitrogen and oxygen atoms in total. The van der Waals surface area contributed by atoms with E-state index in [1.807, 2.05) is 0 Å². The Morgan fingerprint density at radius 3 is 2.50 bits per heavy atom. The standard InChI is InChI=1S/C12H19N2O7P/c15-9-7(4-6-22(18,19)20)21-12(11(17)10(9)16)14-8-3-1-2-5-13-8/h1-3,5,7,9-12,15-17H,4,6H2,(H,13,14)(H2,18,19,20)/t7-,9-,10+,11+,12?/m1/s1. The van der Waals surface area contributed by atoms with Crippen LogP contribution in [-0.2, 0) is 9.30 Å². The molecule has 0 radical (unpaired) electrons. The molecule has 0 saturated carbocycles. The predicted molar refractivity (Wildman–Crippen MR) is 76.1 cm³/mol. The van der Waals surface area contributed by atoms with Crippen LogP contribution < -0.4 is 5.32 Å². The van der Waals surface area contributed by atoms with E-state index in [9.17, 15) is 19.9 Å². The van der Waals surface area contributed by atoms with Gasteiger partial charge in [-0.15, -0.1) is 0 Å². The van der Waals surface area contributed by atoms with Gasteiger partial charge in [0, 0.05) is 6.20 Å². The molecule has 1 aliphatic rings. The first kappa shape index (κ1) is 17.3. The SMILES string of the molecule is O=P(O)(O)CC[C@H]1OC(Nc2ccccn2)[C@@H](O)[C@@H](O)[C@@H]1O. The largest absolute Gasteiger partial charge is 0.388 e. The maximum absolute atomic E-state index is 10.9. The number of aliphatic hydroxyl groups is 3. The molecule has 1 fully saturated rings. The van der Waals surface area contributed by atoms with Crippen LogP contribution in [0, 0.1) is 0 Å². The van der Waals surface area contributed by atoms with Crippen molar-refractivity contribution in [2.75, 3.05) is 11.5 Å². The maximum atomic E-state index is 10.9. The Morgan fingerprint density at radius 2 is 1.91 bits per heavy atom. The van der Waals surface area contributed by atoms with Gasteiger partial charge in [-0.05, 0) is 18.6 Å². The van der Waals surface area contributed by atoms with E-state index in [0.29, 0.717) is 5.82 Å². The Labute approximate surface area is 126 Å². The zero-order valence-corrected chi connectivity index (χ0v) is 12.5. The molecule has 22 heavy (non-hydrogen) atoms. The maximum Gasteiger partial charge on any atom is 0.325 e. The van der Waals surface area contributed by atoms with Gasteiger partial charge in [0.1, 0.15) is 24.1 Å². The minimum atomic E-state index is -4.25. The van der Waals surface area contributed by atoms with Crippen LogP contribution in [0.25, 0.3) is 0 Å². The Balaban J connectivity index is 2.05. The first-order valence-electron chi connectivity index (χ1n) is 6.70. The fraction of sp³-hybridized carbons (Fsp3) is 0.583. The predicted octanol–water partition coefficient (Wildman–Crippen LogP) is -1.13. The molecule has 1 aromatic rings. The van der Waals surface area contributed by atoms with E-state index in [1.54, 1.807) is 18.2 Å². The zero-order valence-electron chi connectivity index (χ0n) is 11.6. The number of hydrogen-bond acceptors (Lipinski definition) is 7. The lowest BCUT2D eigenvalue weighted by Gasteiger charge is -2.41. The zero-order chi connectivity index (χ0) is 16.3. The van der Waals surface area contributed by atoms with Gasteiger partial charge >= 0.3 is 7.60 Å². The van der Waals surface area contributed by atoms with E-state index < -0.39 is 44.4 Å². The molecule has 0 aliphatic carbocycles. The van der Waals surface area contributed by atoms with Crippen LogP contribution >= 0.6 is 7.60 Å². The number of pyridine rings is 1. The van der Waals surface area contributed by atoms with E-state index in [-0.39, 0.29) is 6.42 Å². The molecule has 6 N–H and O–H groups in total. The molecule has 2 rings (SSSR count). The lowest BCUT2D eigenvalue weighted by Crippen LogP contribution is -2.59. The van der Waals surface area contributed by atoms with Crippen LogP contribution in [0.4, 0.5) is 5.82 Å². The molecule has 1 aromatic heterocycles. The summed E-state index contributed by atoms with van der Waals surface area (Å²) in [6, 6.07) is 5.03. The van der Waals surface area contributed by atoms with E-state index in [0.717, 1.165) is 0 Å². The Bertz CT molecular complexity index is 525. The minimum Gasteiger partial charge on any atom is -0.388 e. The quantitative estimate of drug-likeness (QED) is 0.367. The summed E-state index contributed by atoms with van der Waals surface area (Å²) in [6.45, 7) is 0. The Hall–Kier alpha value is -1.06. The summed E-state index contributed by atoms with van der Waals surface area (Å²) in [5, 5.41) is 32.4.